The molecule has 0 saturated carbocycles. The molecule has 0 radical (unpaired) electrons. The first kappa shape index (κ1) is 20.4. The Bertz CT molecular complexity index is 693. The Morgan fingerprint density at radius 1 is 1.35 bits per heavy atom. The molecule has 0 bridgehead atoms. The predicted octanol–water partition coefficient (Wildman–Crippen LogP) is 2.52. The molecule has 1 fully saturated rings. The standard InChI is InChI=1S/C17H20F3NO4S/c1-26(24)11-12-4-2-5-13(8-12)16(23)25-10-15(22)21-7-3-6-14(9-21)17(18,19)20/h2,4-5,8,14H,3,6-7,9-11H2,1H3/t14-,26-/m0/s1. The van der Waals surface area contributed by atoms with E-state index in [0.29, 0.717) is 5.56 Å². The van der Waals surface area contributed by atoms with Crippen LogP contribution in [0.25, 0.3) is 0 Å². The molecule has 1 aliphatic heterocycles. The number of carbonyl (C=O) groups excluding carboxylic acids is 2. The number of hydrogen-bond donors (Lipinski definition) is 0. The molecule has 9 heteroatoms. The molecule has 1 amide bonds. The second-order valence-electron chi connectivity index (χ2n) is 6.21. The highest BCUT2D eigenvalue weighted by molar-refractivity contribution is 7.83. The molecule has 1 aliphatic rings. The first-order valence-electron chi connectivity index (χ1n) is 8.07. The molecule has 1 saturated heterocycles. The third-order valence-corrected chi connectivity index (χ3v) is 4.84. The summed E-state index contributed by atoms with van der Waals surface area (Å²) in [6.45, 7) is -0.786. The minimum absolute atomic E-state index is 0.00133. The van der Waals surface area contributed by atoms with E-state index in [1.807, 2.05) is 0 Å². The van der Waals surface area contributed by atoms with Crippen molar-refractivity contribution in [1.82, 2.24) is 4.90 Å². The number of likely N-dealkylation sites (tertiary alicyclic amines) is 1. The van der Waals surface area contributed by atoms with Crippen molar-refractivity contribution in [2.24, 2.45) is 5.92 Å². The fourth-order valence-corrected chi connectivity index (χ4v) is 3.44. The average molecular weight is 391 g/mol. The van der Waals surface area contributed by atoms with Crippen LogP contribution in [0.5, 0.6) is 0 Å². The van der Waals surface area contributed by atoms with Crippen LogP contribution in [0.3, 0.4) is 0 Å². The lowest BCUT2D eigenvalue weighted by atomic mass is 9.97. The Morgan fingerprint density at radius 2 is 2.08 bits per heavy atom. The van der Waals surface area contributed by atoms with Gasteiger partial charge in [0, 0.05) is 35.9 Å². The van der Waals surface area contributed by atoms with E-state index < -0.39 is 47.9 Å². The number of nitrogens with zero attached hydrogens (tertiary/aromatic N) is 1. The van der Waals surface area contributed by atoms with Crippen molar-refractivity contribution in [2.45, 2.75) is 24.8 Å². The summed E-state index contributed by atoms with van der Waals surface area (Å²) in [4.78, 5) is 25.2. The molecule has 5 nitrogen and oxygen atoms in total. The van der Waals surface area contributed by atoms with Gasteiger partial charge in [-0.2, -0.15) is 13.2 Å². The number of ether oxygens (including phenoxy) is 1. The van der Waals surface area contributed by atoms with Crippen molar-refractivity contribution in [1.29, 1.82) is 0 Å². The number of halogens is 3. The Hall–Kier alpha value is -1.90. The highest BCUT2D eigenvalue weighted by atomic mass is 32.2. The summed E-state index contributed by atoms with van der Waals surface area (Å²) in [6, 6.07) is 6.35. The zero-order valence-electron chi connectivity index (χ0n) is 14.3. The van der Waals surface area contributed by atoms with Gasteiger partial charge in [0.15, 0.2) is 6.61 Å². The predicted molar refractivity (Wildman–Crippen MR) is 89.9 cm³/mol. The average Bonchev–Trinajstić information content (AvgIpc) is 2.58. The summed E-state index contributed by atoms with van der Waals surface area (Å²) in [5, 5.41) is 0. The van der Waals surface area contributed by atoms with Crippen molar-refractivity contribution >= 4 is 22.7 Å². The first-order valence-corrected chi connectivity index (χ1v) is 9.80. The number of hydrogen-bond acceptors (Lipinski definition) is 4. The molecule has 0 aromatic heterocycles. The van der Waals surface area contributed by atoms with E-state index in [4.69, 9.17) is 4.74 Å². The van der Waals surface area contributed by atoms with Gasteiger partial charge in [-0.25, -0.2) is 4.79 Å². The maximum absolute atomic E-state index is 12.8. The van der Waals surface area contributed by atoms with E-state index in [1.165, 1.54) is 18.4 Å². The Kier molecular flexibility index (Phi) is 6.80. The van der Waals surface area contributed by atoms with E-state index in [9.17, 15) is 27.0 Å². The normalized spacial score (nSPS) is 19.1. The Balaban J connectivity index is 1.90. The molecule has 0 aliphatic carbocycles. The summed E-state index contributed by atoms with van der Waals surface area (Å²) < 4.78 is 54.6. The monoisotopic (exact) mass is 391 g/mol. The largest absolute Gasteiger partial charge is 0.452 e. The van der Waals surface area contributed by atoms with Gasteiger partial charge in [-0.15, -0.1) is 0 Å². The number of amides is 1. The lowest BCUT2D eigenvalue weighted by molar-refractivity contribution is -0.188. The fraction of sp³-hybridized carbons (Fsp3) is 0.529. The van der Waals surface area contributed by atoms with E-state index >= 15 is 0 Å². The quantitative estimate of drug-likeness (QED) is 0.724. The molecule has 1 heterocycles. The Labute approximate surface area is 152 Å². The molecule has 144 valence electrons. The van der Waals surface area contributed by atoms with Gasteiger partial charge in [-0.3, -0.25) is 9.00 Å². The van der Waals surface area contributed by atoms with Crippen LogP contribution in [0.15, 0.2) is 24.3 Å². The molecule has 26 heavy (non-hydrogen) atoms. The minimum Gasteiger partial charge on any atom is -0.452 e. The number of rotatable bonds is 5. The van der Waals surface area contributed by atoms with Crippen molar-refractivity contribution < 1.29 is 31.7 Å². The number of piperidine rings is 1. The van der Waals surface area contributed by atoms with Gasteiger partial charge >= 0.3 is 12.1 Å². The zero-order chi connectivity index (χ0) is 19.3. The second-order valence-corrected chi connectivity index (χ2v) is 7.65. The molecule has 2 rings (SSSR count). The summed E-state index contributed by atoms with van der Waals surface area (Å²) >= 11 is 0. The van der Waals surface area contributed by atoms with Gasteiger partial charge in [-0.1, -0.05) is 12.1 Å². The minimum atomic E-state index is -4.34. The fourth-order valence-electron chi connectivity index (χ4n) is 2.80. The molecule has 1 aromatic rings. The van der Waals surface area contributed by atoms with Gasteiger partial charge in [0.05, 0.1) is 11.5 Å². The lowest BCUT2D eigenvalue weighted by Gasteiger charge is -2.33. The van der Waals surface area contributed by atoms with Gasteiger partial charge < -0.3 is 9.64 Å². The van der Waals surface area contributed by atoms with Crippen molar-refractivity contribution in [3.05, 3.63) is 35.4 Å². The summed E-state index contributed by atoms with van der Waals surface area (Å²) in [7, 11) is -1.07. The van der Waals surface area contributed by atoms with Crippen molar-refractivity contribution in [2.75, 3.05) is 26.0 Å². The number of esters is 1. The van der Waals surface area contributed by atoms with Crippen LogP contribution >= 0.6 is 0 Å². The van der Waals surface area contributed by atoms with E-state index in [-0.39, 0.29) is 30.7 Å². The number of benzene rings is 1. The highest BCUT2D eigenvalue weighted by Crippen LogP contribution is 2.33. The maximum Gasteiger partial charge on any atom is 0.393 e. The van der Waals surface area contributed by atoms with Crippen molar-refractivity contribution in [3.8, 4) is 0 Å². The zero-order valence-corrected chi connectivity index (χ0v) is 15.1. The highest BCUT2D eigenvalue weighted by Gasteiger charge is 2.42. The topological polar surface area (TPSA) is 63.7 Å². The van der Waals surface area contributed by atoms with Gasteiger partial charge in [0.25, 0.3) is 5.91 Å². The van der Waals surface area contributed by atoms with Crippen LogP contribution in [0.1, 0.15) is 28.8 Å². The summed E-state index contributed by atoms with van der Waals surface area (Å²) in [6.07, 6.45) is -2.54. The molecule has 0 N–H and O–H groups in total. The molecule has 2 atom stereocenters. The molecular weight excluding hydrogens is 371 g/mol. The van der Waals surface area contributed by atoms with Gasteiger partial charge in [-0.05, 0) is 30.5 Å². The van der Waals surface area contributed by atoms with Crippen LogP contribution in [0.4, 0.5) is 13.2 Å². The molecule has 0 spiro atoms. The molecule has 1 aromatic carbocycles. The number of carbonyl (C=O) groups is 2. The SMILES string of the molecule is C[S@](=O)Cc1cccc(C(=O)OCC(=O)N2CCC[C@H](C(F)(F)F)C2)c1. The number of alkyl halides is 3. The van der Waals surface area contributed by atoms with E-state index in [2.05, 4.69) is 0 Å². The summed E-state index contributed by atoms with van der Waals surface area (Å²) in [5.41, 5.74) is 0.892. The van der Waals surface area contributed by atoms with E-state index in [1.54, 1.807) is 12.1 Å². The van der Waals surface area contributed by atoms with Crippen LogP contribution in [-0.4, -0.2) is 53.1 Å². The van der Waals surface area contributed by atoms with Gasteiger partial charge in [0.2, 0.25) is 0 Å². The molecular formula is C17H20F3NO4S. The van der Waals surface area contributed by atoms with Crippen LogP contribution in [0.2, 0.25) is 0 Å². The second kappa shape index (κ2) is 8.66. The van der Waals surface area contributed by atoms with Crippen molar-refractivity contribution in [3.63, 3.8) is 0 Å². The maximum atomic E-state index is 12.8. The third kappa shape index (κ3) is 5.82. The van der Waals surface area contributed by atoms with Crippen LogP contribution in [-0.2, 0) is 26.1 Å². The van der Waals surface area contributed by atoms with Gasteiger partial charge in [0.1, 0.15) is 0 Å². The summed E-state index contributed by atoms with van der Waals surface area (Å²) in [5.74, 6) is -2.64. The Morgan fingerprint density at radius 3 is 2.73 bits per heavy atom. The third-order valence-electron chi connectivity index (χ3n) is 4.10. The van der Waals surface area contributed by atoms with E-state index in [0.717, 1.165) is 4.90 Å². The lowest BCUT2D eigenvalue weighted by Crippen LogP contribution is -2.46. The van der Waals surface area contributed by atoms with Crippen LogP contribution < -0.4 is 0 Å². The van der Waals surface area contributed by atoms with Crippen LogP contribution in [0, 0.1) is 5.92 Å². The molecule has 0 unspecified atom stereocenters. The smallest absolute Gasteiger partial charge is 0.393 e. The first-order chi connectivity index (χ1) is 12.2.